The number of nitrogens with one attached hydrogen (secondary N) is 2. The Morgan fingerprint density at radius 2 is 2.33 bits per heavy atom. The fourth-order valence-corrected chi connectivity index (χ4v) is 2.83. The first-order valence-electron chi connectivity index (χ1n) is 6.48. The zero-order valence-corrected chi connectivity index (χ0v) is 11.8. The van der Waals surface area contributed by atoms with Gasteiger partial charge in [0.1, 0.15) is 5.75 Å². The fourth-order valence-electron chi connectivity index (χ4n) is 2.53. The van der Waals surface area contributed by atoms with Gasteiger partial charge in [0, 0.05) is 29.7 Å². The summed E-state index contributed by atoms with van der Waals surface area (Å²) in [5.41, 5.74) is 2.21. The zero-order valence-electron chi connectivity index (χ0n) is 11.1. The molecule has 2 rings (SSSR count). The molecule has 0 amide bonds. The number of methoxy groups -OCH3 is 1. The van der Waals surface area contributed by atoms with Crippen molar-refractivity contribution in [3.63, 3.8) is 0 Å². The van der Waals surface area contributed by atoms with Gasteiger partial charge >= 0.3 is 0 Å². The molecule has 1 unspecified atom stereocenters. The lowest BCUT2D eigenvalue weighted by atomic mass is 10.1. The van der Waals surface area contributed by atoms with Crippen molar-refractivity contribution in [3.8, 4) is 5.75 Å². The van der Waals surface area contributed by atoms with Gasteiger partial charge in [0.25, 0.3) is 0 Å². The van der Waals surface area contributed by atoms with E-state index in [4.69, 9.17) is 16.3 Å². The monoisotopic (exact) mass is 268 g/mol. The molecule has 0 aliphatic carbocycles. The molecule has 1 heterocycles. The van der Waals surface area contributed by atoms with Gasteiger partial charge in [-0.3, -0.25) is 0 Å². The molecule has 0 radical (unpaired) electrons. The van der Waals surface area contributed by atoms with Gasteiger partial charge in [-0.1, -0.05) is 11.6 Å². The second kappa shape index (κ2) is 6.41. The molecule has 0 aromatic heterocycles. The Kier molecular flexibility index (Phi) is 4.87. The van der Waals surface area contributed by atoms with E-state index >= 15 is 0 Å². The quantitative estimate of drug-likeness (QED) is 0.861. The van der Waals surface area contributed by atoms with Gasteiger partial charge in [-0.25, -0.2) is 0 Å². The number of ether oxygens (including phenoxy) is 1. The summed E-state index contributed by atoms with van der Waals surface area (Å²) in [5, 5.41) is 7.71. The average Bonchev–Trinajstić information content (AvgIpc) is 2.81. The molecule has 1 aromatic carbocycles. The van der Waals surface area contributed by atoms with E-state index in [9.17, 15) is 0 Å². The van der Waals surface area contributed by atoms with Gasteiger partial charge in [-0.2, -0.15) is 0 Å². The van der Waals surface area contributed by atoms with E-state index in [1.54, 1.807) is 7.11 Å². The largest absolute Gasteiger partial charge is 0.496 e. The Hall–Kier alpha value is -0.770. The molecule has 3 nitrogen and oxygen atoms in total. The van der Waals surface area contributed by atoms with Crippen LogP contribution in [0.25, 0.3) is 0 Å². The van der Waals surface area contributed by atoms with Gasteiger partial charge in [0.05, 0.1) is 7.11 Å². The Bertz CT molecular complexity index is 403. The molecule has 1 fully saturated rings. The first-order chi connectivity index (χ1) is 8.70. The number of benzene rings is 1. The minimum absolute atomic E-state index is 0.608. The number of hydrogen-bond donors (Lipinski definition) is 2. The number of halogens is 1. The molecule has 1 aliphatic heterocycles. The van der Waals surface area contributed by atoms with Gasteiger partial charge in [0.15, 0.2) is 0 Å². The van der Waals surface area contributed by atoms with Crippen molar-refractivity contribution >= 4 is 11.6 Å². The maximum atomic E-state index is 6.09. The van der Waals surface area contributed by atoms with Crippen molar-refractivity contribution < 1.29 is 4.74 Å². The fraction of sp³-hybridized carbons (Fsp3) is 0.571. The molecular weight excluding hydrogens is 248 g/mol. The second-order valence-electron chi connectivity index (χ2n) is 4.84. The summed E-state index contributed by atoms with van der Waals surface area (Å²) in [6.45, 7) is 4.95. The maximum absolute atomic E-state index is 6.09. The molecule has 0 bridgehead atoms. The summed E-state index contributed by atoms with van der Waals surface area (Å²) in [6, 6.07) is 4.52. The van der Waals surface area contributed by atoms with Crippen LogP contribution in [0.1, 0.15) is 24.0 Å². The highest BCUT2D eigenvalue weighted by molar-refractivity contribution is 6.30. The Labute approximate surface area is 114 Å². The van der Waals surface area contributed by atoms with Gasteiger partial charge < -0.3 is 15.4 Å². The van der Waals surface area contributed by atoms with Crippen LogP contribution in [0, 0.1) is 6.92 Å². The maximum Gasteiger partial charge on any atom is 0.126 e. The van der Waals surface area contributed by atoms with Gasteiger partial charge in [-0.15, -0.1) is 0 Å². The van der Waals surface area contributed by atoms with Crippen molar-refractivity contribution in [2.24, 2.45) is 0 Å². The van der Waals surface area contributed by atoms with Crippen molar-refractivity contribution in [2.75, 3.05) is 20.2 Å². The van der Waals surface area contributed by atoms with Gasteiger partial charge in [-0.05, 0) is 44.0 Å². The third-order valence-corrected chi connectivity index (χ3v) is 3.61. The zero-order chi connectivity index (χ0) is 13.0. The molecule has 1 atom stereocenters. The molecule has 100 valence electrons. The highest BCUT2D eigenvalue weighted by Gasteiger charge is 2.14. The molecular formula is C14H21ClN2O. The topological polar surface area (TPSA) is 33.3 Å². The normalized spacial score (nSPS) is 19.2. The van der Waals surface area contributed by atoms with Crippen LogP contribution in [0.5, 0.6) is 5.75 Å². The summed E-state index contributed by atoms with van der Waals surface area (Å²) in [5.74, 6) is 0.936. The molecule has 2 N–H and O–H groups in total. The minimum atomic E-state index is 0.608. The van der Waals surface area contributed by atoms with E-state index in [2.05, 4.69) is 10.6 Å². The van der Waals surface area contributed by atoms with Crippen LogP contribution in [0.3, 0.4) is 0 Å². The van der Waals surface area contributed by atoms with Crippen LogP contribution >= 0.6 is 11.6 Å². The van der Waals surface area contributed by atoms with E-state index in [-0.39, 0.29) is 0 Å². The first kappa shape index (κ1) is 13.7. The van der Waals surface area contributed by atoms with E-state index in [1.165, 1.54) is 12.8 Å². The average molecular weight is 269 g/mol. The smallest absolute Gasteiger partial charge is 0.126 e. The molecule has 4 heteroatoms. The standard InChI is InChI=1S/C14H21ClN2O/c1-10-6-12(15)7-11(14(10)18-2)8-16-9-13-4-3-5-17-13/h6-7,13,16-17H,3-5,8-9H2,1-2H3. The number of hydrogen-bond acceptors (Lipinski definition) is 3. The highest BCUT2D eigenvalue weighted by atomic mass is 35.5. The Morgan fingerprint density at radius 3 is 3.00 bits per heavy atom. The SMILES string of the molecule is COc1c(C)cc(Cl)cc1CNCC1CCCN1. The van der Waals surface area contributed by atoms with Crippen molar-refractivity contribution in [3.05, 3.63) is 28.3 Å². The van der Waals surface area contributed by atoms with Crippen LogP contribution in [0.4, 0.5) is 0 Å². The number of rotatable bonds is 5. The predicted octanol–water partition coefficient (Wildman–Crippen LogP) is 2.50. The second-order valence-corrected chi connectivity index (χ2v) is 5.28. The summed E-state index contributed by atoms with van der Waals surface area (Å²) in [7, 11) is 1.71. The van der Waals surface area contributed by atoms with Crippen LogP contribution in [0.2, 0.25) is 5.02 Å². The highest BCUT2D eigenvalue weighted by Crippen LogP contribution is 2.27. The van der Waals surface area contributed by atoms with E-state index < -0.39 is 0 Å². The Morgan fingerprint density at radius 1 is 1.50 bits per heavy atom. The summed E-state index contributed by atoms with van der Waals surface area (Å²) >= 11 is 6.09. The minimum Gasteiger partial charge on any atom is -0.496 e. The predicted molar refractivity (Wildman–Crippen MR) is 75.5 cm³/mol. The summed E-state index contributed by atoms with van der Waals surface area (Å²) < 4.78 is 5.44. The first-order valence-corrected chi connectivity index (χ1v) is 6.85. The Balaban J connectivity index is 1.95. The molecule has 1 aliphatic rings. The summed E-state index contributed by atoms with van der Waals surface area (Å²) in [4.78, 5) is 0. The van der Waals surface area contributed by atoms with E-state index in [0.717, 1.165) is 41.5 Å². The van der Waals surface area contributed by atoms with Crippen molar-refractivity contribution in [1.29, 1.82) is 0 Å². The van der Waals surface area contributed by atoms with E-state index in [0.29, 0.717) is 6.04 Å². The molecule has 18 heavy (non-hydrogen) atoms. The molecule has 0 spiro atoms. The van der Waals surface area contributed by atoms with Crippen molar-refractivity contribution in [1.82, 2.24) is 10.6 Å². The van der Waals surface area contributed by atoms with E-state index in [1.807, 2.05) is 19.1 Å². The third kappa shape index (κ3) is 3.37. The lowest BCUT2D eigenvalue weighted by Gasteiger charge is -2.15. The van der Waals surface area contributed by atoms with Crippen LogP contribution in [0.15, 0.2) is 12.1 Å². The van der Waals surface area contributed by atoms with Crippen LogP contribution < -0.4 is 15.4 Å². The van der Waals surface area contributed by atoms with Crippen molar-refractivity contribution in [2.45, 2.75) is 32.4 Å². The molecule has 1 aromatic rings. The summed E-state index contributed by atoms with van der Waals surface area (Å²) in [6.07, 6.45) is 2.55. The lowest BCUT2D eigenvalue weighted by molar-refractivity contribution is 0.403. The van der Waals surface area contributed by atoms with Crippen LogP contribution in [-0.2, 0) is 6.54 Å². The number of aryl methyl sites for hydroxylation is 1. The van der Waals surface area contributed by atoms with Gasteiger partial charge in [0.2, 0.25) is 0 Å². The third-order valence-electron chi connectivity index (χ3n) is 3.39. The molecule has 1 saturated heterocycles. The lowest BCUT2D eigenvalue weighted by Crippen LogP contribution is -2.33. The molecule has 0 saturated carbocycles. The van der Waals surface area contributed by atoms with Crippen LogP contribution in [-0.4, -0.2) is 26.2 Å².